The van der Waals surface area contributed by atoms with Gasteiger partial charge in [-0.1, -0.05) is 45.1 Å². The number of esters is 1. The molecule has 0 aromatic carbocycles. The van der Waals surface area contributed by atoms with Crippen LogP contribution >= 0.6 is 0 Å². The summed E-state index contributed by atoms with van der Waals surface area (Å²) in [7, 11) is 0. The molecule has 7 fully saturated rings. The van der Waals surface area contributed by atoms with Gasteiger partial charge < -0.3 is 33.2 Å². The summed E-state index contributed by atoms with van der Waals surface area (Å²) in [5.41, 5.74) is -1.43. The summed E-state index contributed by atoms with van der Waals surface area (Å²) < 4.78 is 43.3. The molecule has 0 radical (unpaired) electrons. The molecule has 0 aromatic rings. The fourth-order valence-corrected chi connectivity index (χ4v) is 8.65. The second kappa shape index (κ2) is 13.8. The molecular formula is C35H56O8. The summed E-state index contributed by atoms with van der Waals surface area (Å²) in [6.45, 7) is 10.6. The highest BCUT2D eigenvalue weighted by molar-refractivity contribution is 5.87. The smallest absolute Gasteiger partial charge is 0.333 e. The molecule has 7 rings (SSSR count). The van der Waals surface area contributed by atoms with Gasteiger partial charge in [0.1, 0.15) is 5.60 Å². The predicted octanol–water partition coefficient (Wildman–Crippen LogP) is 6.37. The zero-order chi connectivity index (χ0) is 29.8. The third-order valence-corrected chi connectivity index (χ3v) is 10.5. The molecule has 8 heteroatoms. The first-order valence-corrected chi connectivity index (χ1v) is 17.5. The van der Waals surface area contributed by atoms with Crippen molar-refractivity contribution < 1.29 is 38.0 Å². The fourth-order valence-electron chi connectivity index (χ4n) is 8.65. The van der Waals surface area contributed by atoms with Crippen LogP contribution in [-0.4, -0.2) is 86.3 Å². The quantitative estimate of drug-likeness (QED) is 0.0575. The van der Waals surface area contributed by atoms with Gasteiger partial charge in [0.25, 0.3) is 0 Å². The van der Waals surface area contributed by atoms with E-state index in [1.165, 1.54) is 19.3 Å². The molecule has 3 heterocycles. The summed E-state index contributed by atoms with van der Waals surface area (Å²) in [6.07, 6.45) is 19.7. The number of carbonyl (C=O) groups is 1. The van der Waals surface area contributed by atoms with Gasteiger partial charge in [-0.25, -0.2) is 4.79 Å². The van der Waals surface area contributed by atoms with Crippen LogP contribution in [0.25, 0.3) is 0 Å². The average Bonchev–Trinajstić information content (AvgIpc) is 3.78. The first-order chi connectivity index (χ1) is 20.8. The van der Waals surface area contributed by atoms with Crippen molar-refractivity contribution in [2.24, 2.45) is 0 Å². The van der Waals surface area contributed by atoms with Crippen LogP contribution in [0.4, 0.5) is 0 Å². The van der Waals surface area contributed by atoms with E-state index in [0.29, 0.717) is 63.0 Å². The lowest BCUT2D eigenvalue weighted by molar-refractivity contribution is -0.327. The van der Waals surface area contributed by atoms with Gasteiger partial charge >= 0.3 is 5.97 Å². The zero-order valence-electron chi connectivity index (χ0n) is 26.7. The summed E-state index contributed by atoms with van der Waals surface area (Å²) >= 11 is 0. The molecule has 3 unspecified atom stereocenters. The van der Waals surface area contributed by atoms with Crippen molar-refractivity contribution in [3.8, 4) is 0 Å². The molecule has 7 aliphatic rings. The van der Waals surface area contributed by atoms with E-state index in [1.54, 1.807) is 6.92 Å². The first kappa shape index (κ1) is 31.9. The molecule has 4 bridgehead atoms. The number of hydrogen-bond acceptors (Lipinski definition) is 8. The highest BCUT2D eigenvalue weighted by atomic mass is 16.6. The third kappa shape index (κ3) is 9.04. The topological polar surface area (TPSA) is 91.6 Å². The number of unbranched alkanes of at least 4 members (excludes halogenated alkanes) is 6. The SMILES string of the molecule is C=C(C)C(=O)OC12CC3(OCCCCCC4CO4)CC(OCCCCCC4CO4)(CC(OCCCCCC4CO4)(C3)C1)C2. The molecule has 0 spiro atoms. The minimum atomic E-state index is -0.652. The Hall–Kier alpha value is -1.03. The van der Waals surface area contributed by atoms with Gasteiger partial charge in [-0.2, -0.15) is 0 Å². The molecular weight excluding hydrogens is 548 g/mol. The van der Waals surface area contributed by atoms with Crippen LogP contribution in [0, 0.1) is 0 Å². The standard InChI is InChI=1S/C35H56O8/c1-27(2)31(36)43-35-24-32(40-15-9-3-6-12-28-18-37-28)21-33(25-35,41-16-10-4-7-13-29-19-38-29)23-34(22-32,26-35)42-17-11-5-8-14-30-20-39-30/h28-30H,1,3-26H2,2H3. The Morgan fingerprint density at radius 3 is 1.21 bits per heavy atom. The van der Waals surface area contributed by atoms with Crippen LogP contribution in [0.1, 0.15) is 122 Å². The fraction of sp³-hybridized carbons (Fsp3) is 0.914. The Balaban J connectivity index is 1.12. The second-order valence-electron chi connectivity index (χ2n) is 14.9. The van der Waals surface area contributed by atoms with E-state index in [2.05, 4.69) is 6.58 Å². The third-order valence-electron chi connectivity index (χ3n) is 10.5. The van der Waals surface area contributed by atoms with Crippen molar-refractivity contribution in [2.75, 3.05) is 39.6 Å². The van der Waals surface area contributed by atoms with E-state index in [1.807, 2.05) is 0 Å². The highest BCUT2D eigenvalue weighted by Gasteiger charge is 2.71. The maximum atomic E-state index is 13.0. The van der Waals surface area contributed by atoms with Crippen LogP contribution in [0.2, 0.25) is 0 Å². The molecule has 8 nitrogen and oxygen atoms in total. The van der Waals surface area contributed by atoms with Crippen molar-refractivity contribution in [1.29, 1.82) is 0 Å². The number of ether oxygens (including phenoxy) is 7. The summed E-state index contributed by atoms with van der Waals surface area (Å²) in [5.74, 6) is -0.311. The molecule has 0 aromatic heterocycles. The van der Waals surface area contributed by atoms with Gasteiger partial charge in [-0.15, -0.1) is 0 Å². The molecule has 3 aliphatic heterocycles. The van der Waals surface area contributed by atoms with Crippen molar-refractivity contribution in [1.82, 2.24) is 0 Å². The lowest BCUT2D eigenvalue weighted by Gasteiger charge is -2.68. The van der Waals surface area contributed by atoms with Crippen LogP contribution in [-0.2, 0) is 38.0 Å². The lowest BCUT2D eigenvalue weighted by atomic mass is 9.48. The molecule has 3 saturated heterocycles. The largest absolute Gasteiger partial charge is 0.455 e. The molecule has 4 saturated carbocycles. The van der Waals surface area contributed by atoms with Gasteiger partial charge in [0.15, 0.2) is 0 Å². The minimum absolute atomic E-state index is 0.311. The average molecular weight is 605 g/mol. The van der Waals surface area contributed by atoms with Gasteiger partial charge in [0.05, 0.1) is 54.9 Å². The van der Waals surface area contributed by atoms with Gasteiger partial charge in [-0.3, -0.25) is 0 Å². The van der Waals surface area contributed by atoms with E-state index in [4.69, 9.17) is 33.2 Å². The Bertz CT molecular complexity index is 848. The number of hydrogen-bond donors (Lipinski definition) is 0. The van der Waals surface area contributed by atoms with E-state index in [0.717, 1.165) is 96.9 Å². The van der Waals surface area contributed by atoms with E-state index in [-0.39, 0.29) is 5.97 Å². The second-order valence-corrected chi connectivity index (χ2v) is 14.9. The van der Waals surface area contributed by atoms with E-state index < -0.39 is 22.4 Å². The van der Waals surface area contributed by atoms with Crippen LogP contribution in [0.15, 0.2) is 12.2 Å². The maximum Gasteiger partial charge on any atom is 0.333 e. The molecule has 0 N–H and O–H groups in total. The van der Waals surface area contributed by atoms with E-state index >= 15 is 0 Å². The number of rotatable bonds is 23. The Morgan fingerprint density at radius 1 is 0.581 bits per heavy atom. The van der Waals surface area contributed by atoms with Crippen LogP contribution < -0.4 is 0 Å². The van der Waals surface area contributed by atoms with E-state index in [9.17, 15) is 4.79 Å². The van der Waals surface area contributed by atoms with Crippen LogP contribution in [0.3, 0.4) is 0 Å². The monoisotopic (exact) mass is 604 g/mol. The van der Waals surface area contributed by atoms with Gasteiger partial charge in [0, 0.05) is 63.9 Å². The Labute approximate surface area is 258 Å². The van der Waals surface area contributed by atoms with Crippen molar-refractivity contribution in [3.05, 3.63) is 12.2 Å². The highest BCUT2D eigenvalue weighted by Crippen LogP contribution is 2.65. The van der Waals surface area contributed by atoms with Gasteiger partial charge in [0.2, 0.25) is 0 Å². The van der Waals surface area contributed by atoms with Crippen molar-refractivity contribution >= 4 is 5.97 Å². The first-order valence-electron chi connectivity index (χ1n) is 17.5. The molecule has 0 amide bonds. The summed E-state index contributed by atoms with van der Waals surface area (Å²) in [6, 6.07) is 0. The summed E-state index contributed by atoms with van der Waals surface area (Å²) in [4.78, 5) is 13.0. The normalized spacial score (nSPS) is 38.3. The van der Waals surface area contributed by atoms with Gasteiger partial charge in [-0.05, 0) is 45.4 Å². The molecule has 4 aliphatic carbocycles. The minimum Gasteiger partial charge on any atom is -0.455 e. The molecule has 3 atom stereocenters. The van der Waals surface area contributed by atoms with Crippen molar-refractivity contribution in [2.45, 2.75) is 163 Å². The molecule has 43 heavy (non-hydrogen) atoms. The Kier molecular flexibility index (Phi) is 10.2. The number of epoxide rings is 3. The lowest BCUT2D eigenvalue weighted by Crippen LogP contribution is -2.74. The van der Waals surface area contributed by atoms with Crippen LogP contribution in [0.5, 0.6) is 0 Å². The maximum absolute atomic E-state index is 13.0. The van der Waals surface area contributed by atoms with Crippen molar-refractivity contribution in [3.63, 3.8) is 0 Å². The number of carbonyl (C=O) groups excluding carboxylic acids is 1. The Morgan fingerprint density at radius 2 is 0.907 bits per heavy atom. The predicted molar refractivity (Wildman–Crippen MR) is 162 cm³/mol. The molecule has 244 valence electrons. The summed E-state index contributed by atoms with van der Waals surface area (Å²) in [5, 5.41) is 0. The zero-order valence-corrected chi connectivity index (χ0v) is 26.7.